The van der Waals surface area contributed by atoms with Crippen LogP contribution >= 0.6 is 11.8 Å². The second-order valence-corrected chi connectivity index (χ2v) is 7.62. The van der Waals surface area contributed by atoms with Crippen LogP contribution in [0.25, 0.3) is 0 Å². The normalized spacial score (nSPS) is 10.4. The minimum absolute atomic E-state index is 0.0225. The van der Waals surface area contributed by atoms with Crippen molar-refractivity contribution >= 4 is 40.7 Å². The first-order valence-electron chi connectivity index (χ1n) is 9.46. The maximum absolute atomic E-state index is 12.3. The van der Waals surface area contributed by atoms with Crippen molar-refractivity contribution in [3.05, 3.63) is 77.7 Å². The van der Waals surface area contributed by atoms with Crippen LogP contribution in [-0.2, 0) is 10.5 Å². The van der Waals surface area contributed by atoms with Crippen LogP contribution in [0.5, 0.6) is 5.75 Å². The van der Waals surface area contributed by atoms with E-state index in [1.54, 1.807) is 61.7 Å². The molecule has 0 bridgehead atoms. The van der Waals surface area contributed by atoms with Crippen LogP contribution in [0.3, 0.4) is 0 Å². The Labute approximate surface area is 184 Å². The van der Waals surface area contributed by atoms with Gasteiger partial charge in [-0.05, 0) is 55.5 Å². The minimum atomic E-state index is -0.370. The zero-order valence-electron chi connectivity index (χ0n) is 17.1. The maximum atomic E-state index is 12.3. The second-order valence-electron chi connectivity index (χ2n) is 6.64. The molecule has 8 heteroatoms. The van der Waals surface area contributed by atoms with E-state index in [0.717, 1.165) is 5.56 Å². The van der Waals surface area contributed by atoms with E-state index in [0.29, 0.717) is 28.4 Å². The predicted octanol–water partition coefficient (Wildman–Crippen LogP) is 4.62. The van der Waals surface area contributed by atoms with Gasteiger partial charge in [-0.1, -0.05) is 6.07 Å². The van der Waals surface area contributed by atoms with Gasteiger partial charge in [0.05, 0.1) is 19.1 Å². The molecule has 160 valence electrons. The fourth-order valence-corrected chi connectivity index (χ4v) is 3.64. The number of benzene rings is 2. The van der Waals surface area contributed by atoms with E-state index in [2.05, 4.69) is 10.6 Å². The number of carbonyl (C=O) groups is 3. The van der Waals surface area contributed by atoms with Crippen molar-refractivity contribution in [2.45, 2.75) is 12.7 Å². The Bertz CT molecular complexity index is 1080. The number of Topliss-reactive ketones (excluding diaryl/α,β-unsaturated/α-hetero) is 1. The Morgan fingerprint density at radius 3 is 2.45 bits per heavy atom. The molecule has 0 spiro atoms. The molecule has 0 fully saturated rings. The lowest BCUT2D eigenvalue weighted by atomic mass is 10.1. The zero-order chi connectivity index (χ0) is 22.2. The molecule has 1 heterocycles. The number of rotatable bonds is 9. The molecule has 1 aromatic heterocycles. The lowest BCUT2D eigenvalue weighted by molar-refractivity contribution is -0.113. The van der Waals surface area contributed by atoms with E-state index >= 15 is 0 Å². The van der Waals surface area contributed by atoms with Gasteiger partial charge in [0, 0.05) is 28.3 Å². The summed E-state index contributed by atoms with van der Waals surface area (Å²) in [5.41, 5.74) is 2.57. The van der Waals surface area contributed by atoms with Gasteiger partial charge >= 0.3 is 0 Å². The number of nitrogens with one attached hydrogen (secondary N) is 2. The highest BCUT2D eigenvalue weighted by Gasteiger charge is 2.11. The summed E-state index contributed by atoms with van der Waals surface area (Å²) >= 11 is 1.41. The van der Waals surface area contributed by atoms with E-state index < -0.39 is 0 Å². The molecule has 2 aromatic carbocycles. The number of hydrogen-bond donors (Lipinski definition) is 2. The number of ether oxygens (including phenoxy) is 1. The number of methoxy groups -OCH3 is 1. The monoisotopic (exact) mass is 438 g/mol. The van der Waals surface area contributed by atoms with Crippen LogP contribution in [-0.4, -0.2) is 30.5 Å². The summed E-state index contributed by atoms with van der Waals surface area (Å²) in [6.45, 7) is 1.51. The molecule has 0 atom stereocenters. The number of amides is 2. The van der Waals surface area contributed by atoms with Crippen molar-refractivity contribution in [1.29, 1.82) is 0 Å². The van der Waals surface area contributed by atoms with Crippen LogP contribution in [0.1, 0.15) is 33.4 Å². The molecular formula is C23H22N2O5S. The van der Waals surface area contributed by atoms with Crippen LogP contribution in [0.4, 0.5) is 11.4 Å². The lowest BCUT2D eigenvalue weighted by Crippen LogP contribution is -2.15. The van der Waals surface area contributed by atoms with Gasteiger partial charge in [0.2, 0.25) is 5.91 Å². The van der Waals surface area contributed by atoms with E-state index in [1.165, 1.54) is 24.9 Å². The van der Waals surface area contributed by atoms with Crippen LogP contribution in [0.15, 0.2) is 65.3 Å². The Balaban J connectivity index is 1.54. The van der Waals surface area contributed by atoms with Gasteiger partial charge in [0.25, 0.3) is 5.91 Å². The number of anilines is 2. The molecule has 0 saturated carbocycles. The third kappa shape index (κ3) is 6.23. The summed E-state index contributed by atoms with van der Waals surface area (Å²) in [6, 6.07) is 15.3. The van der Waals surface area contributed by atoms with Crippen molar-refractivity contribution in [3.8, 4) is 5.75 Å². The second kappa shape index (κ2) is 10.5. The topological polar surface area (TPSA) is 97.6 Å². The van der Waals surface area contributed by atoms with Gasteiger partial charge in [0.15, 0.2) is 11.5 Å². The maximum Gasteiger partial charge on any atom is 0.291 e. The van der Waals surface area contributed by atoms with Gasteiger partial charge < -0.3 is 19.8 Å². The molecule has 3 rings (SSSR count). The number of hydrogen-bond acceptors (Lipinski definition) is 6. The molecule has 7 nitrogen and oxygen atoms in total. The fourth-order valence-electron chi connectivity index (χ4n) is 2.84. The average Bonchev–Trinajstić information content (AvgIpc) is 3.29. The van der Waals surface area contributed by atoms with E-state index in [-0.39, 0.29) is 29.1 Å². The Morgan fingerprint density at radius 1 is 1.00 bits per heavy atom. The van der Waals surface area contributed by atoms with Crippen molar-refractivity contribution < 1.29 is 23.5 Å². The van der Waals surface area contributed by atoms with E-state index in [9.17, 15) is 14.4 Å². The van der Waals surface area contributed by atoms with Crippen molar-refractivity contribution in [3.63, 3.8) is 0 Å². The highest BCUT2D eigenvalue weighted by atomic mass is 32.2. The molecule has 0 aliphatic heterocycles. The van der Waals surface area contributed by atoms with Gasteiger partial charge in [-0.2, -0.15) is 0 Å². The largest absolute Gasteiger partial charge is 0.496 e. The quantitative estimate of drug-likeness (QED) is 0.473. The Morgan fingerprint density at radius 2 is 1.77 bits per heavy atom. The SMILES string of the molecule is COc1ccc(C(C)=O)cc1CSCC(=O)Nc1cccc(NC(=O)c2ccco2)c1. The average molecular weight is 439 g/mol. The molecule has 0 aliphatic carbocycles. The standard InChI is InChI=1S/C23H22N2O5S/c1-15(26)16-8-9-20(29-2)17(11-16)13-31-14-22(27)24-18-5-3-6-19(12-18)25-23(28)21-7-4-10-30-21/h3-12H,13-14H2,1-2H3,(H,24,27)(H,25,28). The molecule has 31 heavy (non-hydrogen) atoms. The summed E-state index contributed by atoms with van der Waals surface area (Å²) in [5.74, 6) is 1.05. The van der Waals surface area contributed by atoms with Gasteiger partial charge in [-0.25, -0.2) is 0 Å². The number of carbonyl (C=O) groups excluding carboxylic acids is 3. The van der Waals surface area contributed by atoms with Gasteiger partial charge in [-0.15, -0.1) is 11.8 Å². The van der Waals surface area contributed by atoms with Crippen LogP contribution in [0.2, 0.25) is 0 Å². The summed E-state index contributed by atoms with van der Waals surface area (Å²) in [4.78, 5) is 36.0. The van der Waals surface area contributed by atoms with Crippen molar-refractivity contribution in [2.75, 3.05) is 23.5 Å². The van der Waals surface area contributed by atoms with Gasteiger partial charge in [0.1, 0.15) is 5.75 Å². The fraction of sp³-hybridized carbons (Fsp3) is 0.174. The third-order valence-electron chi connectivity index (χ3n) is 4.33. The summed E-state index contributed by atoms with van der Waals surface area (Å²) in [5, 5.41) is 5.53. The first-order chi connectivity index (χ1) is 15.0. The Kier molecular flexibility index (Phi) is 7.50. The molecule has 3 aromatic rings. The first kappa shape index (κ1) is 22.2. The highest BCUT2D eigenvalue weighted by Crippen LogP contribution is 2.25. The molecule has 2 amide bonds. The summed E-state index contributed by atoms with van der Waals surface area (Å²) in [7, 11) is 1.57. The number of ketones is 1. The Hall–Kier alpha value is -3.52. The lowest BCUT2D eigenvalue weighted by Gasteiger charge is -2.10. The third-order valence-corrected chi connectivity index (χ3v) is 5.31. The van der Waals surface area contributed by atoms with Crippen molar-refractivity contribution in [2.24, 2.45) is 0 Å². The van der Waals surface area contributed by atoms with E-state index in [1.807, 2.05) is 0 Å². The smallest absolute Gasteiger partial charge is 0.291 e. The van der Waals surface area contributed by atoms with Crippen LogP contribution in [0, 0.1) is 0 Å². The van der Waals surface area contributed by atoms with Gasteiger partial charge in [-0.3, -0.25) is 14.4 Å². The summed E-state index contributed by atoms with van der Waals surface area (Å²) in [6.07, 6.45) is 1.43. The summed E-state index contributed by atoms with van der Waals surface area (Å²) < 4.78 is 10.4. The zero-order valence-corrected chi connectivity index (χ0v) is 18.0. The van der Waals surface area contributed by atoms with Crippen molar-refractivity contribution in [1.82, 2.24) is 0 Å². The molecule has 0 aliphatic rings. The number of furan rings is 1. The highest BCUT2D eigenvalue weighted by molar-refractivity contribution is 7.99. The predicted molar refractivity (Wildman–Crippen MR) is 121 cm³/mol. The minimum Gasteiger partial charge on any atom is -0.496 e. The first-order valence-corrected chi connectivity index (χ1v) is 10.6. The van der Waals surface area contributed by atoms with E-state index in [4.69, 9.17) is 9.15 Å². The molecule has 0 saturated heterocycles. The molecule has 0 radical (unpaired) electrons. The molecular weight excluding hydrogens is 416 g/mol. The number of thioether (sulfide) groups is 1. The molecule has 2 N–H and O–H groups in total. The van der Waals surface area contributed by atoms with Crippen LogP contribution < -0.4 is 15.4 Å². The molecule has 0 unspecified atom stereocenters.